The Kier molecular flexibility index (Phi) is 7.29. The number of nitrogens with zero attached hydrogens (tertiary/aromatic N) is 3. The molecule has 2 heterocycles. The number of fused-ring (bicyclic) bond motifs is 1. The Morgan fingerprint density at radius 2 is 1.82 bits per heavy atom. The number of amides is 1. The normalized spacial score (nSPS) is 17.7. The highest BCUT2D eigenvalue weighted by Gasteiger charge is 2.33. The molecule has 4 rings (SSSR count). The molecule has 0 aliphatic carbocycles. The largest absolute Gasteiger partial charge is 0.495 e. The lowest BCUT2D eigenvalue weighted by Crippen LogP contribution is -2.27. The van der Waals surface area contributed by atoms with Gasteiger partial charge in [0.25, 0.3) is 0 Å². The monoisotopic (exact) mass is 499 g/mol. The van der Waals surface area contributed by atoms with Crippen LogP contribution in [0.1, 0.15) is 19.2 Å². The van der Waals surface area contributed by atoms with Gasteiger partial charge in [0.1, 0.15) is 17.3 Å². The number of carbonyl (C=O) groups is 1. The minimum Gasteiger partial charge on any atom is -0.495 e. The maximum absolute atomic E-state index is 12.1. The van der Waals surface area contributed by atoms with Crippen LogP contribution >= 0.6 is 23.2 Å². The fourth-order valence-corrected chi connectivity index (χ4v) is 5.36. The summed E-state index contributed by atoms with van der Waals surface area (Å²) in [5, 5.41) is 1.70. The number of aromatic nitrogens is 2. The zero-order chi connectivity index (χ0) is 24.4. The van der Waals surface area contributed by atoms with Crippen molar-refractivity contribution in [3.63, 3.8) is 0 Å². The first-order valence-electron chi connectivity index (χ1n) is 11.2. The standard InChI is InChI=1S/C26H27Cl2N3O3/c1-5-15-13-31(23(32)6-2)14-18(15)10-22-29-12-17-9-16(7-8-19(17)30-22)24-25(27)20(33-3)11-21(34-4)26(24)28/h6-9,11-12,15,18H,2,5,10,13-14H2,1,3-4H3/t15-,18-/m1/s1. The van der Waals surface area contributed by atoms with Crippen LogP contribution in [0.5, 0.6) is 11.5 Å². The van der Waals surface area contributed by atoms with E-state index >= 15 is 0 Å². The molecule has 34 heavy (non-hydrogen) atoms. The van der Waals surface area contributed by atoms with Crippen LogP contribution in [0.4, 0.5) is 0 Å². The summed E-state index contributed by atoms with van der Waals surface area (Å²) < 4.78 is 10.8. The first-order chi connectivity index (χ1) is 16.4. The molecule has 1 aromatic heterocycles. The Morgan fingerprint density at radius 3 is 2.44 bits per heavy atom. The predicted molar refractivity (Wildman–Crippen MR) is 136 cm³/mol. The van der Waals surface area contributed by atoms with Crippen LogP contribution in [0.2, 0.25) is 10.0 Å². The number of hydrogen-bond acceptors (Lipinski definition) is 5. The second-order valence-corrected chi connectivity index (χ2v) is 9.18. The van der Waals surface area contributed by atoms with E-state index in [1.54, 1.807) is 20.3 Å². The van der Waals surface area contributed by atoms with Crippen LogP contribution in [-0.2, 0) is 11.2 Å². The second-order valence-electron chi connectivity index (χ2n) is 8.42. The summed E-state index contributed by atoms with van der Waals surface area (Å²) in [6.07, 6.45) is 4.94. The SMILES string of the molecule is C=CC(=O)N1C[C@@H](CC)[C@H](Cc2ncc3cc(-c4c(Cl)c(OC)cc(OC)c4Cl)ccc3n2)C1. The van der Waals surface area contributed by atoms with Crippen molar-refractivity contribution in [2.24, 2.45) is 11.8 Å². The maximum Gasteiger partial charge on any atom is 0.245 e. The van der Waals surface area contributed by atoms with Crippen molar-refractivity contribution in [2.45, 2.75) is 19.8 Å². The van der Waals surface area contributed by atoms with Gasteiger partial charge in [-0.3, -0.25) is 4.79 Å². The van der Waals surface area contributed by atoms with Crippen LogP contribution in [0.25, 0.3) is 22.0 Å². The van der Waals surface area contributed by atoms with Crippen LogP contribution in [0, 0.1) is 11.8 Å². The Balaban J connectivity index is 1.64. The van der Waals surface area contributed by atoms with Crippen molar-refractivity contribution in [2.75, 3.05) is 27.3 Å². The van der Waals surface area contributed by atoms with Gasteiger partial charge in [-0.15, -0.1) is 0 Å². The summed E-state index contributed by atoms with van der Waals surface area (Å²) in [5.74, 6) is 2.48. The summed E-state index contributed by atoms with van der Waals surface area (Å²) >= 11 is 13.2. The third-order valence-electron chi connectivity index (χ3n) is 6.52. The molecular formula is C26H27Cl2N3O3. The van der Waals surface area contributed by atoms with Crippen molar-refractivity contribution in [1.82, 2.24) is 14.9 Å². The van der Waals surface area contributed by atoms with Crippen LogP contribution < -0.4 is 9.47 Å². The van der Waals surface area contributed by atoms with Gasteiger partial charge in [0.15, 0.2) is 0 Å². The Labute approximate surface area is 209 Å². The fraction of sp³-hybridized carbons (Fsp3) is 0.346. The van der Waals surface area contributed by atoms with E-state index in [2.05, 4.69) is 18.5 Å². The van der Waals surface area contributed by atoms with Gasteiger partial charge >= 0.3 is 0 Å². The number of ether oxygens (including phenoxy) is 2. The van der Waals surface area contributed by atoms with E-state index in [9.17, 15) is 4.79 Å². The van der Waals surface area contributed by atoms with Gasteiger partial charge in [-0.2, -0.15) is 0 Å². The molecule has 0 spiro atoms. The molecule has 3 aromatic rings. The summed E-state index contributed by atoms with van der Waals surface area (Å²) in [4.78, 5) is 23.4. The lowest BCUT2D eigenvalue weighted by atomic mass is 9.90. The van der Waals surface area contributed by atoms with E-state index in [0.717, 1.165) is 41.7 Å². The number of methoxy groups -OCH3 is 2. The molecular weight excluding hydrogens is 473 g/mol. The average molecular weight is 500 g/mol. The summed E-state index contributed by atoms with van der Waals surface area (Å²) in [6, 6.07) is 7.49. The quantitative estimate of drug-likeness (QED) is 0.382. The lowest BCUT2D eigenvalue weighted by Gasteiger charge is -2.16. The van der Waals surface area contributed by atoms with Gasteiger partial charge in [0.05, 0.1) is 29.8 Å². The summed E-state index contributed by atoms with van der Waals surface area (Å²) in [7, 11) is 3.10. The van der Waals surface area contributed by atoms with Crippen molar-refractivity contribution >= 4 is 40.0 Å². The molecule has 1 fully saturated rings. The Bertz CT molecular complexity index is 1220. The van der Waals surface area contributed by atoms with Crippen LogP contribution in [-0.4, -0.2) is 48.1 Å². The number of benzene rings is 2. The second kappa shape index (κ2) is 10.2. The highest BCUT2D eigenvalue weighted by atomic mass is 35.5. The van der Waals surface area contributed by atoms with Gasteiger partial charge in [0.2, 0.25) is 5.91 Å². The van der Waals surface area contributed by atoms with Crippen molar-refractivity contribution in [3.8, 4) is 22.6 Å². The minimum atomic E-state index is -0.0144. The highest BCUT2D eigenvalue weighted by molar-refractivity contribution is 6.41. The molecule has 0 N–H and O–H groups in total. The van der Waals surface area contributed by atoms with Gasteiger partial charge in [0, 0.05) is 42.7 Å². The van der Waals surface area contributed by atoms with E-state index in [1.807, 2.05) is 29.3 Å². The maximum atomic E-state index is 12.1. The molecule has 1 amide bonds. The first kappa shape index (κ1) is 24.3. The number of hydrogen-bond donors (Lipinski definition) is 0. The summed E-state index contributed by atoms with van der Waals surface area (Å²) in [5.41, 5.74) is 2.28. The number of rotatable bonds is 7. The molecule has 1 saturated heterocycles. The Hall–Kier alpha value is -2.83. The summed E-state index contributed by atoms with van der Waals surface area (Å²) in [6.45, 7) is 7.24. The zero-order valence-electron chi connectivity index (χ0n) is 19.5. The van der Waals surface area contributed by atoms with Crippen molar-refractivity contribution in [1.29, 1.82) is 0 Å². The van der Waals surface area contributed by atoms with E-state index in [4.69, 9.17) is 37.7 Å². The van der Waals surface area contributed by atoms with Crippen molar-refractivity contribution < 1.29 is 14.3 Å². The molecule has 6 nitrogen and oxygen atoms in total. The first-order valence-corrected chi connectivity index (χ1v) is 11.9. The smallest absolute Gasteiger partial charge is 0.245 e. The van der Waals surface area contributed by atoms with Gasteiger partial charge < -0.3 is 14.4 Å². The van der Waals surface area contributed by atoms with E-state index < -0.39 is 0 Å². The number of likely N-dealkylation sites (tertiary alicyclic amines) is 1. The molecule has 8 heteroatoms. The molecule has 0 radical (unpaired) electrons. The lowest BCUT2D eigenvalue weighted by molar-refractivity contribution is -0.125. The molecule has 2 aromatic carbocycles. The van der Waals surface area contributed by atoms with Crippen LogP contribution in [0.15, 0.2) is 43.1 Å². The zero-order valence-corrected chi connectivity index (χ0v) is 21.0. The minimum absolute atomic E-state index is 0.0144. The topological polar surface area (TPSA) is 64.6 Å². The number of halogens is 2. The third kappa shape index (κ3) is 4.57. The van der Waals surface area contributed by atoms with E-state index in [0.29, 0.717) is 45.5 Å². The van der Waals surface area contributed by atoms with Crippen LogP contribution in [0.3, 0.4) is 0 Å². The molecule has 178 valence electrons. The van der Waals surface area contributed by atoms with Gasteiger partial charge in [-0.1, -0.05) is 49.2 Å². The molecule has 0 saturated carbocycles. The van der Waals surface area contributed by atoms with E-state index in [1.165, 1.54) is 6.08 Å². The third-order valence-corrected chi connectivity index (χ3v) is 7.27. The highest BCUT2D eigenvalue weighted by Crippen LogP contribution is 2.46. The molecule has 1 aliphatic rings. The fourth-order valence-electron chi connectivity index (χ4n) is 4.64. The number of carbonyl (C=O) groups excluding carboxylic acids is 1. The molecule has 0 unspecified atom stereocenters. The molecule has 0 bridgehead atoms. The van der Waals surface area contributed by atoms with Gasteiger partial charge in [-0.05, 0) is 35.6 Å². The average Bonchev–Trinajstić information content (AvgIpc) is 3.26. The van der Waals surface area contributed by atoms with Crippen molar-refractivity contribution in [3.05, 3.63) is 59.0 Å². The predicted octanol–water partition coefficient (Wildman–Crippen LogP) is 5.83. The van der Waals surface area contributed by atoms with Gasteiger partial charge in [-0.25, -0.2) is 9.97 Å². The molecule has 2 atom stereocenters. The van der Waals surface area contributed by atoms with E-state index in [-0.39, 0.29) is 5.91 Å². The molecule has 1 aliphatic heterocycles. The Morgan fingerprint density at radius 1 is 1.15 bits per heavy atom.